The maximum atomic E-state index is 12.3. The van der Waals surface area contributed by atoms with Crippen LogP contribution in [0.5, 0.6) is 0 Å². The van der Waals surface area contributed by atoms with Crippen LogP contribution in [0.1, 0.15) is 17.3 Å². The number of nitrogens with zero attached hydrogens (tertiary/aromatic N) is 1. The van der Waals surface area contributed by atoms with Crippen LogP contribution in [0, 0.1) is 0 Å². The van der Waals surface area contributed by atoms with E-state index in [2.05, 4.69) is 15.9 Å². The number of benzene rings is 1. The van der Waals surface area contributed by atoms with E-state index in [0.29, 0.717) is 30.3 Å². The van der Waals surface area contributed by atoms with E-state index in [-0.39, 0.29) is 12.0 Å². The lowest BCUT2D eigenvalue weighted by molar-refractivity contribution is -0.0124. The molecule has 1 aromatic carbocycles. The van der Waals surface area contributed by atoms with Crippen LogP contribution in [0.25, 0.3) is 0 Å². The van der Waals surface area contributed by atoms with Gasteiger partial charge < -0.3 is 9.64 Å². The highest BCUT2D eigenvalue weighted by atomic mass is 79.9. The molecular weight excluding hydrogens is 305 g/mol. The van der Waals surface area contributed by atoms with Crippen molar-refractivity contribution in [1.82, 2.24) is 4.90 Å². The number of amides is 1. The molecule has 17 heavy (non-hydrogen) atoms. The Balaban J connectivity index is 2.24. The van der Waals surface area contributed by atoms with Gasteiger partial charge in [-0.25, -0.2) is 0 Å². The summed E-state index contributed by atoms with van der Waals surface area (Å²) >= 11 is 9.44. The molecule has 1 saturated heterocycles. The van der Waals surface area contributed by atoms with Gasteiger partial charge in [0.05, 0.1) is 23.3 Å². The first-order chi connectivity index (χ1) is 8.09. The van der Waals surface area contributed by atoms with Gasteiger partial charge >= 0.3 is 0 Å². The molecule has 1 aliphatic rings. The third-order valence-electron chi connectivity index (χ3n) is 2.70. The summed E-state index contributed by atoms with van der Waals surface area (Å²) < 4.78 is 6.15. The molecule has 0 aromatic heterocycles. The van der Waals surface area contributed by atoms with Crippen LogP contribution in [-0.2, 0) is 4.74 Å². The van der Waals surface area contributed by atoms with Gasteiger partial charge in [-0.2, -0.15) is 0 Å². The number of ether oxygens (including phenoxy) is 1. The summed E-state index contributed by atoms with van der Waals surface area (Å²) in [5.41, 5.74) is 0.531. The molecule has 1 heterocycles. The third-order valence-corrected chi connectivity index (χ3v) is 3.68. The first kappa shape index (κ1) is 12.9. The summed E-state index contributed by atoms with van der Waals surface area (Å²) in [5, 5.41) is 0.475. The van der Waals surface area contributed by atoms with Gasteiger partial charge in [0.2, 0.25) is 0 Å². The van der Waals surface area contributed by atoms with E-state index in [1.54, 1.807) is 11.0 Å². The molecule has 92 valence electrons. The fourth-order valence-corrected chi connectivity index (χ4v) is 2.77. The summed E-state index contributed by atoms with van der Waals surface area (Å²) in [6, 6.07) is 5.36. The SMILES string of the molecule is C[C@@H]1CN(C(=O)c2c(Cl)cccc2Br)CCO1. The molecule has 1 fully saturated rings. The van der Waals surface area contributed by atoms with Crippen molar-refractivity contribution in [3.63, 3.8) is 0 Å². The first-order valence-electron chi connectivity index (χ1n) is 5.44. The van der Waals surface area contributed by atoms with Crippen molar-refractivity contribution in [3.05, 3.63) is 33.3 Å². The van der Waals surface area contributed by atoms with Gasteiger partial charge in [-0.3, -0.25) is 4.79 Å². The van der Waals surface area contributed by atoms with Crippen molar-refractivity contribution in [2.45, 2.75) is 13.0 Å². The summed E-state index contributed by atoms with van der Waals surface area (Å²) in [6.45, 7) is 3.76. The Hall–Kier alpha value is -0.580. The number of carbonyl (C=O) groups excluding carboxylic acids is 1. The average Bonchev–Trinajstić information content (AvgIpc) is 2.28. The second-order valence-corrected chi connectivity index (χ2v) is 5.29. The van der Waals surface area contributed by atoms with Crippen LogP contribution in [0.3, 0.4) is 0 Å². The maximum Gasteiger partial charge on any atom is 0.256 e. The quantitative estimate of drug-likeness (QED) is 0.797. The van der Waals surface area contributed by atoms with Crippen LogP contribution in [0.2, 0.25) is 5.02 Å². The number of morpholine rings is 1. The van der Waals surface area contributed by atoms with Gasteiger partial charge in [0, 0.05) is 17.6 Å². The number of hydrogen-bond acceptors (Lipinski definition) is 2. The Morgan fingerprint density at radius 2 is 2.35 bits per heavy atom. The van der Waals surface area contributed by atoms with E-state index in [0.717, 1.165) is 4.47 Å². The van der Waals surface area contributed by atoms with E-state index < -0.39 is 0 Å². The minimum Gasteiger partial charge on any atom is -0.375 e. The van der Waals surface area contributed by atoms with E-state index >= 15 is 0 Å². The molecule has 0 unspecified atom stereocenters. The Morgan fingerprint density at radius 3 is 3.00 bits per heavy atom. The molecule has 2 rings (SSSR count). The molecule has 0 spiro atoms. The van der Waals surface area contributed by atoms with Crippen LogP contribution in [0.15, 0.2) is 22.7 Å². The van der Waals surface area contributed by atoms with Gasteiger partial charge in [-0.1, -0.05) is 17.7 Å². The highest BCUT2D eigenvalue weighted by Gasteiger charge is 2.25. The summed E-state index contributed by atoms with van der Waals surface area (Å²) in [6.07, 6.45) is 0.0777. The Labute approximate surface area is 114 Å². The van der Waals surface area contributed by atoms with Crippen LogP contribution in [-0.4, -0.2) is 36.6 Å². The van der Waals surface area contributed by atoms with Crippen LogP contribution in [0.4, 0.5) is 0 Å². The second kappa shape index (κ2) is 5.38. The molecular formula is C12H13BrClNO2. The molecule has 0 saturated carbocycles. The Bertz CT molecular complexity index is 418. The van der Waals surface area contributed by atoms with E-state index in [1.807, 2.05) is 19.1 Å². The lowest BCUT2D eigenvalue weighted by atomic mass is 10.1. The molecule has 0 aliphatic carbocycles. The lowest BCUT2D eigenvalue weighted by Gasteiger charge is -2.31. The zero-order valence-electron chi connectivity index (χ0n) is 9.45. The first-order valence-corrected chi connectivity index (χ1v) is 6.61. The normalized spacial score (nSPS) is 20.4. The maximum absolute atomic E-state index is 12.3. The van der Waals surface area contributed by atoms with Gasteiger partial charge in [-0.15, -0.1) is 0 Å². The standard InChI is InChI=1S/C12H13BrClNO2/c1-8-7-15(5-6-17-8)12(16)11-9(13)3-2-4-10(11)14/h2-4,8H,5-7H2,1H3/t8-/m1/s1. The number of hydrogen-bond donors (Lipinski definition) is 0. The van der Waals surface area contributed by atoms with Crippen molar-refractivity contribution in [2.24, 2.45) is 0 Å². The number of halogens is 2. The van der Waals surface area contributed by atoms with Crippen molar-refractivity contribution < 1.29 is 9.53 Å². The fourth-order valence-electron chi connectivity index (χ4n) is 1.86. The van der Waals surface area contributed by atoms with Crippen molar-refractivity contribution in [2.75, 3.05) is 19.7 Å². The molecule has 1 aliphatic heterocycles. The summed E-state index contributed by atoms with van der Waals surface area (Å²) in [5.74, 6) is -0.0439. The largest absolute Gasteiger partial charge is 0.375 e. The molecule has 3 nitrogen and oxygen atoms in total. The van der Waals surface area contributed by atoms with Crippen LogP contribution < -0.4 is 0 Å². The molecule has 0 bridgehead atoms. The Kier molecular flexibility index (Phi) is 4.07. The molecule has 0 N–H and O–H groups in total. The average molecular weight is 319 g/mol. The van der Waals surface area contributed by atoms with Crippen molar-refractivity contribution >= 4 is 33.4 Å². The smallest absolute Gasteiger partial charge is 0.256 e. The minimum atomic E-state index is -0.0439. The fraction of sp³-hybridized carbons (Fsp3) is 0.417. The summed E-state index contributed by atoms with van der Waals surface area (Å²) in [7, 11) is 0. The summed E-state index contributed by atoms with van der Waals surface area (Å²) in [4.78, 5) is 14.1. The highest BCUT2D eigenvalue weighted by Crippen LogP contribution is 2.26. The zero-order valence-corrected chi connectivity index (χ0v) is 11.8. The predicted molar refractivity (Wildman–Crippen MR) is 70.5 cm³/mol. The topological polar surface area (TPSA) is 29.5 Å². The van der Waals surface area contributed by atoms with Gasteiger partial charge in [0.25, 0.3) is 5.91 Å². The van der Waals surface area contributed by atoms with E-state index in [9.17, 15) is 4.79 Å². The number of rotatable bonds is 1. The van der Waals surface area contributed by atoms with E-state index in [4.69, 9.17) is 16.3 Å². The molecule has 5 heteroatoms. The Morgan fingerprint density at radius 1 is 1.59 bits per heavy atom. The van der Waals surface area contributed by atoms with Gasteiger partial charge in [0.1, 0.15) is 0 Å². The van der Waals surface area contributed by atoms with Crippen molar-refractivity contribution in [3.8, 4) is 0 Å². The lowest BCUT2D eigenvalue weighted by Crippen LogP contribution is -2.44. The van der Waals surface area contributed by atoms with Crippen LogP contribution >= 0.6 is 27.5 Å². The molecule has 1 atom stereocenters. The zero-order chi connectivity index (χ0) is 12.4. The second-order valence-electron chi connectivity index (χ2n) is 4.03. The molecule has 1 aromatic rings. The molecule has 0 radical (unpaired) electrons. The predicted octanol–water partition coefficient (Wildman–Crippen LogP) is 2.96. The minimum absolute atomic E-state index is 0.0439. The monoisotopic (exact) mass is 317 g/mol. The van der Waals surface area contributed by atoms with Crippen molar-refractivity contribution in [1.29, 1.82) is 0 Å². The number of carbonyl (C=O) groups is 1. The van der Waals surface area contributed by atoms with E-state index in [1.165, 1.54) is 0 Å². The highest BCUT2D eigenvalue weighted by molar-refractivity contribution is 9.10. The third kappa shape index (κ3) is 2.81. The van der Waals surface area contributed by atoms with Gasteiger partial charge in [0.15, 0.2) is 0 Å². The molecule has 1 amide bonds. The van der Waals surface area contributed by atoms with Gasteiger partial charge in [-0.05, 0) is 35.0 Å².